The highest BCUT2D eigenvalue weighted by atomic mass is 19.4. The van der Waals surface area contributed by atoms with Crippen LogP contribution >= 0.6 is 0 Å². The van der Waals surface area contributed by atoms with Crippen LogP contribution in [0.4, 0.5) is 67.2 Å². The molecule has 0 radical (unpaired) electrons. The molecule has 4 heterocycles. The van der Waals surface area contributed by atoms with E-state index in [-0.39, 0.29) is 39.5 Å². The van der Waals surface area contributed by atoms with Crippen LogP contribution in [0.25, 0.3) is 27.8 Å². The average Bonchev–Trinajstić information content (AvgIpc) is 4.01. The van der Waals surface area contributed by atoms with E-state index in [9.17, 15) is 40.9 Å². The van der Waals surface area contributed by atoms with Crippen LogP contribution in [0.5, 0.6) is 11.5 Å². The molecule has 72 heavy (non-hydrogen) atoms. The molecule has 8 rings (SSSR count). The van der Waals surface area contributed by atoms with Crippen LogP contribution in [-0.2, 0) is 29.6 Å². The van der Waals surface area contributed by atoms with Gasteiger partial charge in [-0.15, -0.1) is 31.4 Å². The van der Waals surface area contributed by atoms with Crippen molar-refractivity contribution in [1.82, 2.24) is 35.2 Å². The predicted octanol–water partition coefficient (Wildman–Crippen LogP) is 9.78. The van der Waals surface area contributed by atoms with Crippen molar-refractivity contribution in [2.24, 2.45) is 5.10 Å². The minimum Gasteiger partial charge on any atom is -0.450 e. The van der Waals surface area contributed by atoms with E-state index in [1.54, 1.807) is 0 Å². The lowest BCUT2D eigenvalue weighted by Crippen LogP contribution is -2.51. The SMILES string of the molecule is O[C@](CN1C=NN(c2cc([C@@](O)(Cn3cnnn3)C(F)(F)c3ccc(-c4ccc(OC(F)(F)F)cc4)cn3)c(F)cc2F)[N-]1)(c1ccc(F)cc1F)C(F)(F)c1ccc(-c2ccc(OC(F)(F)F)cc2)cn1. The first-order chi connectivity index (χ1) is 33.8. The lowest BCUT2D eigenvalue weighted by Gasteiger charge is -2.44. The van der Waals surface area contributed by atoms with Crippen molar-refractivity contribution in [2.75, 3.05) is 11.7 Å². The number of tetrazole rings is 1. The molecule has 0 fully saturated rings. The summed E-state index contributed by atoms with van der Waals surface area (Å²) < 4.78 is 212. The molecule has 0 saturated heterocycles. The summed E-state index contributed by atoms with van der Waals surface area (Å²) in [5.41, 5.74) is -9.42. The molecule has 0 unspecified atom stereocenters. The number of hydrogen-bond acceptors (Lipinski definition) is 12. The number of ether oxygens (including phenoxy) is 2. The molecule has 0 aliphatic carbocycles. The topological polar surface area (TPSA) is 161 Å². The molecule has 2 N–H and O–H groups in total. The van der Waals surface area contributed by atoms with E-state index >= 15 is 30.7 Å². The van der Waals surface area contributed by atoms with Gasteiger partial charge in [0.1, 0.15) is 52.5 Å². The van der Waals surface area contributed by atoms with Crippen molar-refractivity contribution in [3.05, 3.63) is 173 Å². The van der Waals surface area contributed by atoms with E-state index in [4.69, 9.17) is 0 Å². The van der Waals surface area contributed by atoms with E-state index in [1.807, 2.05) is 0 Å². The fraction of sp³-hybridized carbons (Fsp3) is 0.182. The van der Waals surface area contributed by atoms with Crippen molar-refractivity contribution in [1.29, 1.82) is 0 Å². The number of rotatable bonds is 15. The Kier molecular flexibility index (Phi) is 13.1. The highest BCUT2D eigenvalue weighted by Gasteiger charge is 2.59. The number of benzene rings is 4. The van der Waals surface area contributed by atoms with Gasteiger partial charge >= 0.3 is 24.6 Å². The van der Waals surface area contributed by atoms with E-state index in [1.165, 1.54) is 0 Å². The molecule has 7 aromatic rings. The number of hydrazone groups is 1. The van der Waals surface area contributed by atoms with Crippen LogP contribution < -0.4 is 14.6 Å². The van der Waals surface area contributed by atoms with Gasteiger partial charge in [-0.25, -0.2) is 22.2 Å². The number of aliphatic hydroxyl groups is 2. The maximum absolute atomic E-state index is 16.9. The number of anilines is 1. The average molecular weight is 1030 g/mol. The first-order valence-corrected chi connectivity index (χ1v) is 20.1. The van der Waals surface area contributed by atoms with Crippen LogP contribution in [-0.4, -0.2) is 71.0 Å². The van der Waals surface area contributed by atoms with Crippen LogP contribution in [0.1, 0.15) is 22.5 Å². The standard InChI is InChI=1S/C44H27F14N10O4/c45-28-7-12-31(33(46)15-28)39(69,41(49,50)37-13-5-26(18-59-37)24-1-8-29(9-2-24)71-43(53,54)55)21-67-23-62-68(65-67)36-16-32(34(47)17-35(36)48)40(70,20-66-22-61-63-64-66)42(51,52)38-14-6-27(19-60-38)25-3-10-30(11-4-25)72-44(56,57)58/h1-19,22-23,69-70H,20-21H2/q-1/t39-,40+/m1/s1. The summed E-state index contributed by atoms with van der Waals surface area (Å²) in [4.78, 5) is 7.42. The molecule has 0 amide bonds. The number of hydrogen-bond donors (Lipinski definition) is 2. The number of pyridine rings is 2. The summed E-state index contributed by atoms with van der Waals surface area (Å²) >= 11 is 0. The number of alkyl halides is 10. The van der Waals surface area contributed by atoms with Gasteiger partial charge in [0.15, 0.2) is 11.2 Å². The van der Waals surface area contributed by atoms with Crippen molar-refractivity contribution in [2.45, 2.75) is 42.3 Å². The molecule has 1 aliphatic heterocycles. The normalized spacial score (nSPS) is 15.1. The second kappa shape index (κ2) is 18.6. The molecular weight excluding hydrogens is 999 g/mol. The third kappa shape index (κ3) is 10.1. The van der Waals surface area contributed by atoms with Gasteiger partial charge in [-0.1, -0.05) is 36.4 Å². The summed E-state index contributed by atoms with van der Waals surface area (Å²) in [5.74, 6) is -16.9. The van der Waals surface area contributed by atoms with Gasteiger partial charge in [0.25, 0.3) is 0 Å². The minimum atomic E-state index is -5.00. The van der Waals surface area contributed by atoms with E-state index in [0.717, 1.165) is 79.4 Å². The summed E-state index contributed by atoms with van der Waals surface area (Å²) in [6.45, 7) is -2.88. The fourth-order valence-electron chi connectivity index (χ4n) is 7.33. The minimum absolute atomic E-state index is 0.0417. The van der Waals surface area contributed by atoms with Crippen molar-refractivity contribution in [3.8, 4) is 33.8 Å². The Labute approximate surface area is 393 Å². The lowest BCUT2D eigenvalue weighted by atomic mass is 9.84. The molecule has 28 heteroatoms. The highest BCUT2D eigenvalue weighted by molar-refractivity contribution is 5.68. The molecule has 4 aromatic carbocycles. The van der Waals surface area contributed by atoms with Gasteiger partial charge in [0.2, 0.25) is 0 Å². The second-order valence-electron chi connectivity index (χ2n) is 15.5. The van der Waals surface area contributed by atoms with Crippen LogP contribution in [0.3, 0.4) is 0 Å². The zero-order valence-corrected chi connectivity index (χ0v) is 35.5. The number of halogens is 14. The van der Waals surface area contributed by atoms with Gasteiger partial charge in [0.05, 0.1) is 18.6 Å². The third-order valence-corrected chi connectivity index (χ3v) is 10.8. The van der Waals surface area contributed by atoms with Crippen molar-refractivity contribution in [3.63, 3.8) is 0 Å². The number of aromatic nitrogens is 6. The van der Waals surface area contributed by atoms with Crippen molar-refractivity contribution < 1.29 is 81.2 Å². The van der Waals surface area contributed by atoms with Gasteiger partial charge in [-0.2, -0.15) is 22.7 Å². The van der Waals surface area contributed by atoms with Gasteiger partial charge in [-0.3, -0.25) is 9.97 Å². The molecule has 1 aliphatic rings. The number of β-amino-alcohol motifs (C(OH)–C–C–N with tert-alkyl or cyclic N) is 1. The largest absolute Gasteiger partial charge is 0.573 e. The summed E-state index contributed by atoms with van der Waals surface area (Å²) in [6, 6.07) is 13.4. The Balaban J connectivity index is 1.08. The van der Waals surface area contributed by atoms with Gasteiger partial charge < -0.3 is 35.3 Å². The Morgan fingerprint density at radius 1 is 0.542 bits per heavy atom. The zero-order chi connectivity index (χ0) is 52.0. The molecule has 0 spiro atoms. The summed E-state index contributed by atoms with van der Waals surface area (Å²) in [6.07, 6.45) is -6.97. The summed E-state index contributed by atoms with van der Waals surface area (Å²) in [5, 5.41) is 38.3. The van der Waals surface area contributed by atoms with E-state index in [0.29, 0.717) is 46.4 Å². The predicted molar refractivity (Wildman–Crippen MR) is 220 cm³/mol. The molecule has 2 atom stereocenters. The maximum Gasteiger partial charge on any atom is 0.573 e. The Morgan fingerprint density at radius 3 is 1.50 bits per heavy atom. The maximum atomic E-state index is 16.9. The molecular formula is C44H27F14N10O4-. The Bertz CT molecular complexity index is 3080. The van der Waals surface area contributed by atoms with Crippen molar-refractivity contribution >= 4 is 12.0 Å². The van der Waals surface area contributed by atoms with Crippen LogP contribution in [0, 0.1) is 23.3 Å². The van der Waals surface area contributed by atoms with E-state index < -0.39 is 112 Å². The van der Waals surface area contributed by atoms with E-state index in [2.05, 4.69) is 45.6 Å². The smallest absolute Gasteiger partial charge is 0.450 e. The van der Waals surface area contributed by atoms with Crippen LogP contribution in [0.2, 0.25) is 0 Å². The van der Waals surface area contributed by atoms with Crippen LogP contribution in [0.15, 0.2) is 127 Å². The molecule has 0 saturated carbocycles. The Morgan fingerprint density at radius 2 is 1.04 bits per heavy atom. The molecule has 0 bridgehead atoms. The molecule has 14 nitrogen and oxygen atoms in total. The number of nitrogens with zero attached hydrogens (tertiary/aromatic N) is 10. The fourth-order valence-corrected chi connectivity index (χ4v) is 7.33. The zero-order valence-electron chi connectivity index (χ0n) is 35.5. The first kappa shape index (κ1) is 50.4. The molecule has 3 aromatic heterocycles. The lowest BCUT2D eigenvalue weighted by molar-refractivity contribution is -0.275. The molecule has 376 valence electrons. The first-order valence-electron chi connectivity index (χ1n) is 20.1. The van der Waals surface area contributed by atoms with Gasteiger partial charge in [-0.05, 0) is 76.2 Å². The Hall–Kier alpha value is -7.98. The highest BCUT2D eigenvalue weighted by Crippen LogP contribution is 2.50. The van der Waals surface area contributed by atoms with Gasteiger partial charge in [0, 0.05) is 53.3 Å². The monoisotopic (exact) mass is 1030 g/mol. The third-order valence-electron chi connectivity index (χ3n) is 10.8. The quantitative estimate of drug-likeness (QED) is 0.0941. The second-order valence-corrected chi connectivity index (χ2v) is 15.5. The summed E-state index contributed by atoms with van der Waals surface area (Å²) in [7, 11) is 0.